The molecule has 1 atom stereocenters. The molecule has 0 saturated heterocycles. The van der Waals surface area contributed by atoms with E-state index in [0.29, 0.717) is 18.7 Å². The van der Waals surface area contributed by atoms with Crippen molar-refractivity contribution in [3.8, 4) is 5.75 Å². The number of thiazole rings is 1. The summed E-state index contributed by atoms with van der Waals surface area (Å²) in [6, 6.07) is 17.6. The van der Waals surface area contributed by atoms with Crippen molar-refractivity contribution >= 4 is 22.9 Å². The smallest absolute Gasteiger partial charge is 0.253 e. The minimum Gasteiger partial charge on any atom is -0.486 e. The minimum absolute atomic E-state index is 0.0178. The van der Waals surface area contributed by atoms with Crippen LogP contribution in [0.15, 0.2) is 60.0 Å². The number of hydrogen-bond donors (Lipinski definition) is 1. The summed E-state index contributed by atoms with van der Waals surface area (Å²) in [7, 11) is 0. The van der Waals surface area contributed by atoms with Gasteiger partial charge in [-0.25, -0.2) is 4.98 Å². The molecule has 1 unspecified atom stereocenters. The highest BCUT2D eigenvalue weighted by Crippen LogP contribution is 2.26. The monoisotopic (exact) mass is 379 g/mol. The molecule has 0 saturated carbocycles. The Morgan fingerprint density at radius 2 is 1.96 bits per heavy atom. The summed E-state index contributed by atoms with van der Waals surface area (Å²) in [4.78, 5) is 19.3. The molecule has 2 aromatic carbocycles. The molecule has 138 valence electrons. The van der Waals surface area contributed by atoms with E-state index in [-0.39, 0.29) is 11.9 Å². The predicted octanol–water partition coefficient (Wildman–Crippen LogP) is 3.86. The number of fused-ring (bicyclic) bond motifs is 1. The predicted molar refractivity (Wildman–Crippen MR) is 107 cm³/mol. The number of rotatable bonds is 5. The summed E-state index contributed by atoms with van der Waals surface area (Å²) in [6.07, 6.45) is 0. The van der Waals surface area contributed by atoms with Crippen molar-refractivity contribution in [2.75, 3.05) is 11.4 Å². The average Bonchev–Trinajstić information content (AvgIpc) is 3.09. The zero-order valence-electron chi connectivity index (χ0n) is 15.1. The zero-order valence-corrected chi connectivity index (χ0v) is 15.9. The van der Waals surface area contributed by atoms with Crippen molar-refractivity contribution in [3.05, 3.63) is 76.2 Å². The van der Waals surface area contributed by atoms with E-state index in [2.05, 4.69) is 15.6 Å². The van der Waals surface area contributed by atoms with Crippen molar-refractivity contribution in [2.24, 2.45) is 0 Å². The van der Waals surface area contributed by atoms with Gasteiger partial charge in [0.1, 0.15) is 17.4 Å². The quantitative estimate of drug-likeness (QED) is 0.731. The van der Waals surface area contributed by atoms with Gasteiger partial charge in [0.05, 0.1) is 17.8 Å². The van der Waals surface area contributed by atoms with Gasteiger partial charge in [0.2, 0.25) is 0 Å². The Morgan fingerprint density at radius 3 is 2.81 bits per heavy atom. The first-order chi connectivity index (χ1) is 13.2. The third-order valence-corrected chi connectivity index (χ3v) is 5.29. The lowest BCUT2D eigenvalue weighted by molar-refractivity contribution is 0.0945. The summed E-state index contributed by atoms with van der Waals surface area (Å²) in [5.74, 6) is 0.824. The first kappa shape index (κ1) is 17.5. The Balaban J connectivity index is 1.48. The number of nitrogens with zero attached hydrogens (tertiary/aromatic N) is 2. The van der Waals surface area contributed by atoms with Crippen molar-refractivity contribution in [1.29, 1.82) is 0 Å². The maximum atomic E-state index is 12.4. The number of anilines is 1. The summed E-state index contributed by atoms with van der Waals surface area (Å²) in [5, 5.41) is 6.05. The van der Waals surface area contributed by atoms with Gasteiger partial charge in [-0.3, -0.25) is 4.79 Å². The largest absolute Gasteiger partial charge is 0.486 e. The van der Waals surface area contributed by atoms with E-state index in [1.807, 2.05) is 61.5 Å². The third kappa shape index (κ3) is 4.11. The molecule has 1 aliphatic rings. The van der Waals surface area contributed by atoms with Gasteiger partial charge in [-0.05, 0) is 31.2 Å². The molecular formula is C21H21N3O2S. The minimum atomic E-state index is -0.0178. The number of benzene rings is 2. The van der Waals surface area contributed by atoms with Gasteiger partial charge < -0.3 is 15.0 Å². The normalized spacial score (nSPS) is 16.4. The Hall–Kier alpha value is -2.86. The fourth-order valence-electron chi connectivity index (χ4n) is 3.21. The number of para-hydroxylation sites is 2. The van der Waals surface area contributed by atoms with Crippen LogP contribution in [0.2, 0.25) is 0 Å². The Labute approximate surface area is 162 Å². The fourth-order valence-corrected chi connectivity index (χ4v) is 3.91. The summed E-state index contributed by atoms with van der Waals surface area (Å²) >= 11 is 1.60. The number of amides is 1. The van der Waals surface area contributed by atoms with Gasteiger partial charge >= 0.3 is 0 Å². The van der Waals surface area contributed by atoms with E-state index >= 15 is 0 Å². The highest BCUT2D eigenvalue weighted by Gasteiger charge is 2.24. The Morgan fingerprint density at radius 1 is 1.19 bits per heavy atom. The summed E-state index contributed by atoms with van der Waals surface area (Å²) < 4.78 is 5.78. The Bertz CT molecular complexity index is 926. The van der Waals surface area contributed by atoms with Crippen LogP contribution < -0.4 is 15.0 Å². The van der Waals surface area contributed by atoms with E-state index in [9.17, 15) is 4.79 Å². The molecule has 1 N–H and O–H groups in total. The van der Waals surface area contributed by atoms with Crippen LogP contribution >= 0.6 is 11.3 Å². The van der Waals surface area contributed by atoms with Crippen molar-refractivity contribution in [3.63, 3.8) is 0 Å². The highest BCUT2D eigenvalue weighted by atomic mass is 32.1. The lowest BCUT2D eigenvalue weighted by Gasteiger charge is -2.25. The first-order valence-corrected chi connectivity index (χ1v) is 9.83. The molecular weight excluding hydrogens is 358 g/mol. The lowest BCUT2D eigenvalue weighted by atomic mass is 10.1. The van der Waals surface area contributed by atoms with E-state index in [1.165, 1.54) is 0 Å². The second-order valence-corrected chi connectivity index (χ2v) is 7.55. The maximum Gasteiger partial charge on any atom is 0.253 e. The number of aromatic nitrogens is 1. The van der Waals surface area contributed by atoms with Gasteiger partial charge in [0, 0.05) is 23.7 Å². The number of carbonyl (C=O) groups excluding carboxylic acids is 1. The van der Waals surface area contributed by atoms with Crippen LogP contribution in [-0.4, -0.2) is 23.5 Å². The molecule has 2 heterocycles. The molecule has 6 heteroatoms. The van der Waals surface area contributed by atoms with Crippen LogP contribution in [0.25, 0.3) is 0 Å². The zero-order chi connectivity index (χ0) is 18.6. The topological polar surface area (TPSA) is 54.5 Å². The van der Waals surface area contributed by atoms with Gasteiger partial charge in [0.15, 0.2) is 0 Å². The average molecular weight is 379 g/mol. The molecule has 1 aliphatic heterocycles. The van der Waals surface area contributed by atoms with Crippen LogP contribution in [0.1, 0.15) is 28.0 Å². The molecule has 0 fully saturated rings. The van der Waals surface area contributed by atoms with Crippen LogP contribution in [0.4, 0.5) is 5.69 Å². The third-order valence-electron chi connectivity index (χ3n) is 4.42. The number of nitrogens with one attached hydrogen (secondary N) is 1. The molecule has 0 aliphatic carbocycles. The standard InChI is InChI=1S/C21H21N3O2S/c1-15-11-24(19-10-6-5-9-18(19)21(25)22-15)12-16-14-27-20(23-16)13-26-17-7-3-2-4-8-17/h2-10,14-15H,11-13H2,1H3,(H,22,25). The molecule has 27 heavy (non-hydrogen) atoms. The molecule has 5 nitrogen and oxygen atoms in total. The molecule has 1 aromatic heterocycles. The molecule has 0 radical (unpaired) electrons. The molecule has 0 bridgehead atoms. The number of carbonyl (C=O) groups is 1. The van der Waals surface area contributed by atoms with Gasteiger partial charge in [0.25, 0.3) is 5.91 Å². The SMILES string of the molecule is CC1CN(Cc2csc(COc3ccccc3)n2)c2ccccc2C(=O)N1. The number of hydrogen-bond acceptors (Lipinski definition) is 5. The molecule has 0 spiro atoms. The molecule has 3 aromatic rings. The van der Waals surface area contributed by atoms with E-state index in [4.69, 9.17) is 9.72 Å². The van der Waals surface area contributed by atoms with E-state index in [0.717, 1.165) is 28.7 Å². The molecule has 1 amide bonds. The lowest BCUT2D eigenvalue weighted by Crippen LogP contribution is -2.38. The van der Waals surface area contributed by atoms with E-state index in [1.54, 1.807) is 11.3 Å². The van der Waals surface area contributed by atoms with Crippen molar-refractivity contribution < 1.29 is 9.53 Å². The second-order valence-electron chi connectivity index (χ2n) is 6.61. The molecule has 4 rings (SSSR count). The van der Waals surface area contributed by atoms with Crippen LogP contribution in [0.3, 0.4) is 0 Å². The summed E-state index contributed by atoms with van der Waals surface area (Å²) in [6.45, 7) is 3.90. The van der Waals surface area contributed by atoms with Crippen LogP contribution in [0.5, 0.6) is 5.75 Å². The fraction of sp³-hybridized carbons (Fsp3) is 0.238. The van der Waals surface area contributed by atoms with Crippen LogP contribution in [0, 0.1) is 0 Å². The van der Waals surface area contributed by atoms with Crippen LogP contribution in [-0.2, 0) is 13.2 Å². The first-order valence-electron chi connectivity index (χ1n) is 8.95. The number of ether oxygens (including phenoxy) is 1. The van der Waals surface area contributed by atoms with Gasteiger partial charge in [-0.15, -0.1) is 11.3 Å². The van der Waals surface area contributed by atoms with Crippen molar-refractivity contribution in [1.82, 2.24) is 10.3 Å². The maximum absolute atomic E-state index is 12.4. The second kappa shape index (κ2) is 7.80. The Kier molecular flexibility index (Phi) is 5.07. The van der Waals surface area contributed by atoms with E-state index < -0.39 is 0 Å². The van der Waals surface area contributed by atoms with Gasteiger partial charge in [-0.2, -0.15) is 0 Å². The van der Waals surface area contributed by atoms with Crippen molar-refractivity contribution in [2.45, 2.75) is 26.1 Å². The summed E-state index contributed by atoms with van der Waals surface area (Å²) in [5.41, 5.74) is 2.65. The highest BCUT2D eigenvalue weighted by molar-refractivity contribution is 7.09. The van der Waals surface area contributed by atoms with Gasteiger partial charge in [-0.1, -0.05) is 30.3 Å².